The van der Waals surface area contributed by atoms with Crippen molar-refractivity contribution < 1.29 is 14.9 Å². The van der Waals surface area contributed by atoms with Gasteiger partial charge in [0.05, 0.1) is 0 Å². The standard InChI is InChI=1S/C11H12N4O4/c1-4-7(16)8(17)11(19-4)15-3-12-6-9(15)13-5(2)14-10(6)18/h3,7-8,11,16-17H,1H2,2H3,(H,13,14,18)/t7-,8-,11-/m1/s1. The lowest BCUT2D eigenvalue weighted by Crippen LogP contribution is -2.27. The zero-order valence-corrected chi connectivity index (χ0v) is 10.1. The van der Waals surface area contributed by atoms with Gasteiger partial charge in [-0.1, -0.05) is 6.58 Å². The molecule has 0 saturated carbocycles. The fourth-order valence-electron chi connectivity index (χ4n) is 2.08. The van der Waals surface area contributed by atoms with Gasteiger partial charge in [0, 0.05) is 0 Å². The number of aromatic nitrogens is 4. The number of hydrogen-bond acceptors (Lipinski definition) is 6. The van der Waals surface area contributed by atoms with E-state index >= 15 is 0 Å². The second kappa shape index (κ2) is 3.90. The third-order valence-electron chi connectivity index (χ3n) is 3.04. The number of fused-ring (bicyclic) bond motifs is 1. The number of nitrogens with zero attached hydrogens (tertiary/aromatic N) is 3. The zero-order chi connectivity index (χ0) is 13.7. The van der Waals surface area contributed by atoms with Gasteiger partial charge in [0.2, 0.25) is 6.23 Å². The first-order valence-corrected chi connectivity index (χ1v) is 5.64. The quantitative estimate of drug-likeness (QED) is 0.621. The maximum Gasteiger partial charge on any atom is 0.279 e. The molecule has 100 valence electrons. The summed E-state index contributed by atoms with van der Waals surface area (Å²) < 4.78 is 6.70. The molecule has 0 bridgehead atoms. The molecule has 1 aliphatic heterocycles. The van der Waals surface area contributed by atoms with Gasteiger partial charge in [0.25, 0.3) is 5.56 Å². The first-order chi connectivity index (χ1) is 8.99. The molecule has 2 aromatic heterocycles. The van der Waals surface area contributed by atoms with Crippen LogP contribution in [0.15, 0.2) is 23.5 Å². The third-order valence-corrected chi connectivity index (χ3v) is 3.04. The molecule has 19 heavy (non-hydrogen) atoms. The third kappa shape index (κ3) is 1.65. The van der Waals surface area contributed by atoms with Gasteiger partial charge in [-0.2, -0.15) is 0 Å². The Hall–Kier alpha value is -2.19. The number of hydrogen-bond donors (Lipinski definition) is 3. The smallest absolute Gasteiger partial charge is 0.279 e. The fraction of sp³-hybridized carbons (Fsp3) is 0.364. The number of rotatable bonds is 1. The molecule has 1 aliphatic rings. The van der Waals surface area contributed by atoms with Gasteiger partial charge in [-0.3, -0.25) is 9.36 Å². The molecule has 0 unspecified atom stereocenters. The summed E-state index contributed by atoms with van der Waals surface area (Å²) in [7, 11) is 0. The number of aliphatic hydroxyl groups excluding tert-OH is 2. The van der Waals surface area contributed by atoms with Crippen LogP contribution in [0.2, 0.25) is 0 Å². The molecule has 0 radical (unpaired) electrons. The van der Waals surface area contributed by atoms with E-state index in [4.69, 9.17) is 4.74 Å². The Bertz CT molecular complexity index is 719. The van der Waals surface area contributed by atoms with Gasteiger partial charge >= 0.3 is 0 Å². The largest absolute Gasteiger partial charge is 0.469 e. The van der Waals surface area contributed by atoms with Crippen LogP contribution in [0, 0.1) is 6.92 Å². The van der Waals surface area contributed by atoms with E-state index in [2.05, 4.69) is 21.5 Å². The lowest BCUT2D eigenvalue weighted by Gasteiger charge is -2.15. The Morgan fingerprint density at radius 1 is 1.53 bits per heavy atom. The maximum atomic E-state index is 11.7. The van der Waals surface area contributed by atoms with Crippen LogP contribution >= 0.6 is 0 Å². The molecule has 0 aromatic carbocycles. The molecular weight excluding hydrogens is 252 g/mol. The van der Waals surface area contributed by atoms with Crippen LogP contribution in [0.3, 0.4) is 0 Å². The van der Waals surface area contributed by atoms with Crippen LogP contribution in [-0.2, 0) is 4.74 Å². The topological polar surface area (TPSA) is 113 Å². The Morgan fingerprint density at radius 3 is 2.89 bits per heavy atom. The van der Waals surface area contributed by atoms with Crippen molar-refractivity contribution in [3.05, 3.63) is 34.8 Å². The Balaban J connectivity index is 2.17. The number of imidazole rings is 1. The number of nitrogens with one attached hydrogen (secondary N) is 1. The maximum absolute atomic E-state index is 11.7. The van der Waals surface area contributed by atoms with Crippen LogP contribution in [0.4, 0.5) is 0 Å². The molecular formula is C11H12N4O4. The number of aromatic amines is 1. The molecule has 1 saturated heterocycles. The summed E-state index contributed by atoms with van der Waals surface area (Å²) in [5.74, 6) is 0.493. The highest BCUT2D eigenvalue weighted by molar-refractivity contribution is 5.69. The predicted octanol–water partition coefficient (Wildman–Crippen LogP) is -0.808. The minimum Gasteiger partial charge on any atom is -0.469 e. The van der Waals surface area contributed by atoms with Gasteiger partial charge < -0.3 is 19.9 Å². The molecule has 8 heteroatoms. The second-order valence-corrected chi connectivity index (χ2v) is 4.39. The van der Waals surface area contributed by atoms with Gasteiger partial charge in [-0.25, -0.2) is 9.97 Å². The van der Waals surface area contributed by atoms with Crippen molar-refractivity contribution in [2.24, 2.45) is 0 Å². The minimum atomic E-state index is -1.19. The van der Waals surface area contributed by atoms with Crippen molar-refractivity contribution in [3.63, 3.8) is 0 Å². The van der Waals surface area contributed by atoms with Crippen molar-refractivity contribution in [1.29, 1.82) is 0 Å². The van der Waals surface area contributed by atoms with Gasteiger partial charge in [0.15, 0.2) is 11.2 Å². The Labute approximate surface area is 107 Å². The summed E-state index contributed by atoms with van der Waals surface area (Å²) in [5.41, 5.74) is 0.0636. The zero-order valence-electron chi connectivity index (χ0n) is 10.1. The lowest BCUT2D eigenvalue weighted by molar-refractivity contribution is -0.0118. The monoisotopic (exact) mass is 264 g/mol. The molecule has 0 amide bonds. The highest BCUT2D eigenvalue weighted by Crippen LogP contribution is 2.32. The molecule has 3 rings (SSSR count). The molecule has 3 atom stereocenters. The SMILES string of the molecule is C=C1O[C@@H](n2cnc3c(=O)[nH]c(C)nc32)[C@H](O)[C@@H]1O. The van der Waals surface area contributed by atoms with E-state index in [0.29, 0.717) is 5.82 Å². The molecule has 3 heterocycles. The fourth-order valence-corrected chi connectivity index (χ4v) is 2.08. The second-order valence-electron chi connectivity index (χ2n) is 4.39. The van der Waals surface area contributed by atoms with E-state index < -0.39 is 18.4 Å². The van der Waals surface area contributed by atoms with E-state index in [0.717, 1.165) is 0 Å². The minimum absolute atomic E-state index is 0.0703. The number of H-pyrrole nitrogens is 1. The lowest BCUT2D eigenvalue weighted by atomic mass is 10.2. The van der Waals surface area contributed by atoms with E-state index in [1.54, 1.807) is 6.92 Å². The van der Waals surface area contributed by atoms with Gasteiger partial charge in [-0.15, -0.1) is 0 Å². The van der Waals surface area contributed by atoms with Crippen molar-refractivity contribution in [1.82, 2.24) is 19.5 Å². The Morgan fingerprint density at radius 2 is 2.26 bits per heavy atom. The average molecular weight is 264 g/mol. The summed E-state index contributed by atoms with van der Waals surface area (Å²) in [6.45, 7) is 5.14. The van der Waals surface area contributed by atoms with Crippen LogP contribution in [0.1, 0.15) is 12.1 Å². The van der Waals surface area contributed by atoms with Crippen LogP contribution in [0.5, 0.6) is 0 Å². The molecule has 2 aromatic rings. The van der Waals surface area contributed by atoms with Crippen LogP contribution in [0.25, 0.3) is 11.2 Å². The van der Waals surface area contributed by atoms with Crippen molar-refractivity contribution >= 4 is 11.2 Å². The number of ether oxygens (including phenoxy) is 1. The number of aryl methyl sites for hydroxylation is 1. The molecule has 0 aliphatic carbocycles. The summed E-state index contributed by atoms with van der Waals surface area (Å²) >= 11 is 0. The summed E-state index contributed by atoms with van der Waals surface area (Å²) in [5, 5.41) is 19.5. The summed E-state index contributed by atoms with van der Waals surface area (Å²) in [4.78, 5) is 22.3. The first kappa shape index (κ1) is 11.9. The van der Waals surface area contributed by atoms with Gasteiger partial charge in [-0.05, 0) is 6.92 Å². The Kier molecular flexibility index (Phi) is 2.44. The average Bonchev–Trinajstić information content (AvgIpc) is 2.86. The van der Waals surface area contributed by atoms with Crippen molar-refractivity contribution in [2.75, 3.05) is 0 Å². The first-order valence-electron chi connectivity index (χ1n) is 5.64. The normalized spacial score (nSPS) is 26.9. The van der Waals surface area contributed by atoms with E-state index in [1.807, 2.05) is 0 Å². The molecule has 3 N–H and O–H groups in total. The van der Waals surface area contributed by atoms with E-state index in [1.165, 1.54) is 10.9 Å². The van der Waals surface area contributed by atoms with Gasteiger partial charge in [0.1, 0.15) is 30.1 Å². The summed E-state index contributed by atoms with van der Waals surface area (Å²) in [6, 6.07) is 0. The number of aliphatic hydroxyl groups is 2. The highest BCUT2D eigenvalue weighted by Gasteiger charge is 2.40. The van der Waals surface area contributed by atoms with Crippen molar-refractivity contribution in [3.8, 4) is 0 Å². The summed E-state index contributed by atoms with van der Waals surface area (Å²) in [6.07, 6.45) is -1.93. The molecule has 0 spiro atoms. The van der Waals surface area contributed by atoms with Crippen LogP contribution < -0.4 is 5.56 Å². The predicted molar refractivity (Wildman–Crippen MR) is 64.2 cm³/mol. The molecule has 1 fully saturated rings. The highest BCUT2D eigenvalue weighted by atomic mass is 16.5. The molecule has 8 nitrogen and oxygen atoms in total. The van der Waals surface area contributed by atoms with E-state index in [-0.39, 0.29) is 22.5 Å². The van der Waals surface area contributed by atoms with E-state index in [9.17, 15) is 15.0 Å². The van der Waals surface area contributed by atoms with Crippen LogP contribution in [-0.4, -0.2) is 41.9 Å². The van der Waals surface area contributed by atoms with Crippen molar-refractivity contribution in [2.45, 2.75) is 25.4 Å².